The highest BCUT2D eigenvalue weighted by atomic mass is 32.2. The average molecular weight is 358 g/mol. The molecule has 0 aliphatic carbocycles. The van der Waals surface area contributed by atoms with E-state index in [0.29, 0.717) is 25.6 Å². The van der Waals surface area contributed by atoms with Gasteiger partial charge in [-0.3, -0.25) is 9.89 Å². The number of thioether (sulfide) groups is 1. The van der Waals surface area contributed by atoms with E-state index in [0.717, 1.165) is 44.2 Å². The average Bonchev–Trinajstić information content (AvgIpc) is 2.54. The van der Waals surface area contributed by atoms with Gasteiger partial charge >= 0.3 is 6.09 Å². The lowest BCUT2D eigenvalue weighted by Crippen LogP contribution is -2.50. The molecule has 0 atom stereocenters. The third-order valence-corrected chi connectivity index (χ3v) is 4.99. The van der Waals surface area contributed by atoms with Crippen LogP contribution in [0.2, 0.25) is 0 Å². The van der Waals surface area contributed by atoms with Crippen molar-refractivity contribution in [3.8, 4) is 0 Å². The first-order valence-corrected chi connectivity index (χ1v) is 9.83. The van der Waals surface area contributed by atoms with Crippen molar-refractivity contribution >= 4 is 23.8 Å². The molecule has 2 aliphatic heterocycles. The van der Waals surface area contributed by atoms with Crippen LogP contribution in [-0.2, 0) is 4.74 Å². The Hall–Kier alpha value is -1.15. The van der Waals surface area contributed by atoms with Crippen LogP contribution in [0.15, 0.2) is 4.99 Å². The zero-order valence-corrected chi connectivity index (χ0v) is 16.0. The summed E-state index contributed by atoms with van der Waals surface area (Å²) >= 11 is 1.97. The van der Waals surface area contributed by atoms with Crippen molar-refractivity contribution in [3.63, 3.8) is 0 Å². The molecule has 0 bridgehead atoms. The normalized spacial score (nSPS) is 21.0. The van der Waals surface area contributed by atoms with Crippen molar-refractivity contribution in [1.29, 1.82) is 0 Å². The number of carbonyl (C=O) groups excluding carboxylic acids is 1. The van der Waals surface area contributed by atoms with Gasteiger partial charge in [-0.1, -0.05) is 0 Å². The maximum absolute atomic E-state index is 12.0. The van der Waals surface area contributed by atoms with Crippen LogP contribution in [0.5, 0.6) is 0 Å². The van der Waals surface area contributed by atoms with Crippen LogP contribution in [0, 0.1) is 0 Å². The summed E-state index contributed by atoms with van der Waals surface area (Å²) in [7, 11) is 0. The largest absolute Gasteiger partial charge is 0.444 e. The first-order valence-electron chi connectivity index (χ1n) is 8.68. The number of hydrogen-bond acceptors (Lipinski definition) is 5. The lowest BCUT2D eigenvalue weighted by atomic mass is 10.2. The number of ether oxygens (including phenoxy) is 1. The topological polar surface area (TPSA) is 74.4 Å². The van der Waals surface area contributed by atoms with Gasteiger partial charge in [0.25, 0.3) is 0 Å². The lowest BCUT2D eigenvalue weighted by Gasteiger charge is -2.35. The van der Waals surface area contributed by atoms with Crippen molar-refractivity contribution in [1.82, 2.24) is 14.7 Å². The molecule has 0 spiro atoms. The molecular weight excluding hydrogens is 326 g/mol. The van der Waals surface area contributed by atoms with E-state index in [1.165, 1.54) is 0 Å². The Labute approximate surface area is 149 Å². The van der Waals surface area contributed by atoms with Crippen LogP contribution in [-0.4, -0.2) is 96.2 Å². The second kappa shape index (κ2) is 8.80. The van der Waals surface area contributed by atoms with Crippen molar-refractivity contribution in [2.24, 2.45) is 10.7 Å². The fourth-order valence-electron chi connectivity index (χ4n) is 2.68. The molecule has 24 heavy (non-hydrogen) atoms. The minimum absolute atomic E-state index is 0.215. The van der Waals surface area contributed by atoms with Crippen LogP contribution >= 0.6 is 11.8 Å². The van der Waals surface area contributed by atoms with E-state index in [9.17, 15) is 4.79 Å². The number of aliphatic imine (C=N–C) groups is 1. The second-order valence-corrected chi connectivity index (χ2v) is 8.37. The number of amides is 1. The molecule has 8 heteroatoms. The Morgan fingerprint density at radius 3 is 2.29 bits per heavy atom. The predicted molar refractivity (Wildman–Crippen MR) is 99.6 cm³/mol. The number of nitrogens with two attached hydrogens (primary N) is 1. The third-order valence-electron chi connectivity index (χ3n) is 4.05. The molecule has 0 aromatic heterocycles. The Bertz CT molecular complexity index is 438. The number of nitrogens with zero attached hydrogens (tertiary/aromatic N) is 4. The molecular formula is C16H31N5O2S. The number of hydrogen-bond donors (Lipinski definition) is 1. The van der Waals surface area contributed by atoms with E-state index in [1.807, 2.05) is 32.5 Å². The zero-order chi connectivity index (χ0) is 17.6. The Balaban J connectivity index is 1.66. The van der Waals surface area contributed by atoms with E-state index in [2.05, 4.69) is 14.8 Å². The van der Waals surface area contributed by atoms with E-state index in [1.54, 1.807) is 4.90 Å². The molecule has 7 nitrogen and oxygen atoms in total. The number of piperazine rings is 1. The Morgan fingerprint density at radius 1 is 1.08 bits per heavy atom. The van der Waals surface area contributed by atoms with Gasteiger partial charge in [0.1, 0.15) is 5.60 Å². The van der Waals surface area contributed by atoms with Crippen LogP contribution in [0.25, 0.3) is 0 Å². The van der Waals surface area contributed by atoms with Crippen molar-refractivity contribution < 1.29 is 9.53 Å². The highest BCUT2D eigenvalue weighted by Gasteiger charge is 2.25. The van der Waals surface area contributed by atoms with Crippen LogP contribution in [0.3, 0.4) is 0 Å². The van der Waals surface area contributed by atoms with Gasteiger partial charge in [0.05, 0.1) is 6.54 Å². The molecule has 0 saturated carbocycles. The standard InChI is InChI=1S/C16H31N5O2S/c1-16(2,3)23-15(22)21-8-6-19(7-9-21)5-4-18-14(17)20-10-12-24-13-11-20/h4-13H2,1-3H3,(H2,17,18). The van der Waals surface area contributed by atoms with Crippen LogP contribution in [0.4, 0.5) is 4.79 Å². The molecule has 2 aliphatic rings. The SMILES string of the molecule is CC(C)(C)OC(=O)N1CCN(CCN=C(N)N2CCSCC2)CC1. The molecule has 0 radical (unpaired) electrons. The summed E-state index contributed by atoms with van der Waals surface area (Å²) in [4.78, 5) is 22.8. The maximum atomic E-state index is 12.0. The molecule has 2 heterocycles. The van der Waals surface area contributed by atoms with Crippen LogP contribution < -0.4 is 5.73 Å². The van der Waals surface area contributed by atoms with Gasteiger partial charge in [-0.2, -0.15) is 11.8 Å². The fraction of sp³-hybridized carbons (Fsp3) is 0.875. The van der Waals surface area contributed by atoms with Gasteiger partial charge < -0.3 is 20.3 Å². The Morgan fingerprint density at radius 2 is 1.71 bits per heavy atom. The molecule has 2 fully saturated rings. The van der Waals surface area contributed by atoms with E-state index >= 15 is 0 Å². The maximum Gasteiger partial charge on any atom is 0.410 e. The smallest absolute Gasteiger partial charge is 0.410 e. The monoisotopic (exact) mass is 357 g/mol. The first kappa shape index (κ1) is 19.2. The molecule has 2 N–H and O–H groups in total. The summed E-state index contributed by atoms with van der Waals surface area (Å²) < 4.78 is 5.42. The molecule has 0 unspecified atom stereocenters. The summed E-state index contributed by atoms with van der Waals surface area (Å²) in [6, 6.07) is 0. The predicted octanol–water partition coefficient (Wildman–Crippen LogP) is 0.903. The van der Waals surface area contributed by atoms with E-state index in [4.69, 9.17) is 10.5 Å². The van der Waals surface area contributed by atoms with E-state index < -0.39 is 5.60 Å². The molecule has 138 valence electrons. The van der Waals surface area contributed by atoms with Crippen molar-refractivity contribution in [2.75, 3.05) is 63.9 Å². The summed E-state index contributed by atoms with van der Waals surface area (Å²) in [5, 5.41) is 0. The van der Waals surface area contributed by atoms with E-state index in [-0.39, 0.29) is 6.09 Å². The first-order chi connectivity index (χ1) is 11.3. The van der Waals surface area contributed by atoms with Gasteiger partial charge in [-0.15, -0.1) is 0 Å². The van der Waals surface area contributed by atoms with Gasteiger partial charge in [0.2, 0.25) is 0 Å². The quantitative estimate of drug-likeness (QED) is 0.598. The lowest BCUT2D eigenvalue weighted by molar-refractivity contribution is 0.0148. The van der Waals surface area contributed by atoms with Crippen molar-refractivity contribution in [2.45, 2.75) is 26.4 Å². The highest BCUT2D eigenvalue weighted by Crippen LogP contribution is 2.12. The molecule has 2 rings (SSSR count). The summed E-state index contributed by atoms with van der Waals surface area (Å²) in [5.74, 6) is 2.92. The summed E-state index contributed by atoms with van der Waals surface area (Å²) in [5.41, 5.74) is 5.63. The second-order valence-electron chi connectivity index (χ2n) is 7.15. The van der Waals surface area contributed by atoms with Gasteiger partial charge in [-0.05, 0) is 20.8 Å². The summed E-state index contributed by atoms with van der Waals surface area (Å²) in [6.07, 6.45) is -0.215. The number of carbonyl (C=O) groups is 1. The van der Waals surface area contributed by atoms with Crippen LogP contribution in [0.1, 0.15) is 20.8 Å². The third kappa shape index (κ3) is 6.39. The van der Waals surface area contributed by atoms with Crippen molar-refractivity contribution in [3.05, 3.63) is 0 Å². The van der Waals surface area contributed by atoms with Gasteiger partial charge in [0.15, 0.2) is 5.96 Å². The fourth-order valence-corrected chi connectivity index (χ4v) is 3.58. The number of rotatable bonds is 3. The summed E-state index contributed by atoms with van der Waals surface area (Å²) in [6.45, 7) is 12.4. The molecule has 1 amide bonds. The number of guanidine groups is 1. The minimum atomic E-state index is -0.437. The molecule has 0 aromatic carbocycles. The highest BCUT2D eigenvalue weighted by molar-refractivity contribution is 7.99. The minimum Gasteiger partial charge on any atom is -0.444 e. The Kier molecular flexibility index (Phi) is 7.03. The zero-order valence-electron chi connectivity index (χ0n) is 15.2. The van der Waals surface area contributed by atoms with Gasteiger partial charge in [-0.25, -0.2) is 4.79 Å². The van der Waals surface area contributed by atoms with Gasteiger partial charge in [0, 0.05) is 57.3 Å². The molecule has 2 saturated heterocycles. The molecule has 0 aromatic rings.